The molecule has 16 heavy (non-hydrogen) atoms. The van der Waals surface area contributed by atoms with Gasteiger partial charge in [-0.05, 0) is 19.3 Å². The van der Waals surface area contributed by atoms with Crippen molar-refractivity contribution in [2.45, 2.75) is 31.5 Å². The molecular weight excluding hydrogens is 210 g/mol. The van der Waals surface area contributed by atoms with Crippen LogP contribution in [0, 0.1) is 0 Å². The Hall–Kier alpha value is -0.650. The van der Waals surface area contributed by atoms with Gasteiger partial charge in [0.15, 0.2) is 0 Å². The van der Waals surface area contributed by atoms with Crippen LogP contribution in [0.15, 0.2) is 0 Å². The number of aliphatic hydroxyl groups excluding tert-OH is 1. The molecule has 0 spiro atoms. The van der Waals surface area contributed by atoms with Crippen LogP contribution in [0.2, 0.25) is 0 Å². The van der Waals surface area contributed by atoms with Gasteiger partial charge in [-0.15, -0.1) is 0 Å². The molecule has 2 fully saturated rings. The van der Waals surface area contributed by atoms with Crippen LogP contribution in [-0.4, -0.2) is 61.0 Å². The summed E-state index contributed by atoms with van der Waals surface area (Å²) in [4.78, 5) is 13.4. The Labute approximate surface area is 95.3 Å². The van der Waals surface area contributed by atoms with Crippen LogP contribution in [-0.2, 0) is 14.3 Å². The van der Waals surface area contributed by atoms with E-state index in [1.165, 1.54) is 0 Å². The van der Waals surface area contributed by atoms with Crippen molar-refractivity contribution in [1.82, 2.24) is 4.90 Å². The molecule has 2 unspecified atom stereocenters. The summed E-state index contributed by atoms with van der Waals surface area (Å²) >= 11 is 0. The van der Waals surface area contributed by atoms with Crippen LogP contribution in [0.3, 0.4) is 0 Å². The first kappa shape index (κ1) is 11.8. The van der Waals surface area contributed by atoms with Gasteiger partial charge in [-0.2, -0.15) is 0 Å². The van der Waals surface area contributed by atoms with E-state index >= 15 is 0 Å². The Bertz CT molecular complexity index is 240. The molecular formula is C11H19NO4. The van der Waals surface area contributed by atoms with Crippen LogP contribution in [0.1, 0.15) is 19.3 Å². The molecule has 5 nitrogen and oxygen atoms in total. The van der Waals surface area contributed by atoms with Crippen molar-refractivity contribution in [2.75, 3.05) is 32.9 Å². The van der Waals surface area contributed by atoms with Gasteiger partial charge < -0.3 is 19.5 Å². The molecule has 0 radical (unpaired) electrons. The number of amides is 1. The molecule has 2 heterocycles. The van der Waals surface area contributed by atoms with E-state index in [0.717, 1.165) is 19.4 Å². The second-order valence-corrected chi connectivity index (χ2v) is 4.38. The van der Waals surface area contributed by atoms with Crippen LogP contribution in [0.4, 0.5) is 0 Å². The Morgan fingerprint density at radius 1 is 1.38 bits per heavy atom. The minimum atomic E-state index is -0.0240. The number of carbonyl (C=O) groups is 1. The zero-order chi connectivity index (χ0) is 11.4. The molecule has 92 valence electrons. The maximum Gasteiger partial charge on any atom is 0.248 e. The minimum Gasteiger partial charge on any atom is -0.396 e. The Kier molecular flexibility index (Phi) is 4.15. The van der Waals surface area contributed by atoms with Gasteiger partial charge >= 0.3 is 0 Å². The summed E-state index contributed by atoms with van der Waals surface area (Å²) < 4.78 is 10.8. The van der Waals surface area contributed by atoms with Gasteiger partial charge in [-0.25, -0.2) is 0 Å². The lowest BCUT2D eigenvalue weighted by Gasteiger charge is -2.33. The number of hydrogen-bond acceptors (Lipinski definition) is 4. The SMILES string of the molecule is O=C1COC(CCO)CN1CC1CCCO1. The fourth-order valence-electron chi connectivity index (χ4n) is 2.21. The lowest BCUT2D eigenvalue weighted by Crippen LogP contribution is -2.49. The molecule has 5 heteroatoms. The van der Waals surface area contributed by atoms with E-state index in [9.17, 15) is 4.79 Å². The lowest BCUT2D eigenvalue weighted by atomic mass is 10.1. The molecule has 2 rings (SSSR count). The highest BCUT2D eigenvalue weighted by molar-refractivity contribution is 5.78. The van der Waals surface area contributed by atoms with Crippen LogP contribution >= 0.6 is 0 Å². The number of morpholine rings is 1. The normalized spacial score (nSPS) is 31.1. The largest absolute Gasteiger partial charge is 0.396 e. The van der Waals surface area contributed by atoms with Crippen molar-refractivity contribution < 1.29 is 19.4 Å². The molecule has 1 amide bonds. The van der Waals surface area contributed by atoms with Crippen LogP contribution in [0.25, 0.3) is 0 Å². The quantitative estimate of drug-likeness (QED) is 0.724. The summed E-state index contributed by atoms with van der Waals surface area (Å²) in [5.74, 6) is 0.0321. The van der Waals surface area contributed by atoms with E-state index in [1.807, 2.05) is 0 Å². The highest BCUT2D eigenvalue weighted by atomic mass is 16.5. The first-order chi connectivity index (χ1) is 7.79. The summed E-state index contributed by atoms with van der Waals surface area (Å²) in [7, 11) is 0. The van der Waals surface area contributed by atoms with Crippen molar-refractivity contribution >= 4 is 5.91 Å². The molecule has 2 atom stereocenters. The summed E-state index contributed by atoms with van der Waals surface area (Å²) in [6, 6.07) is 0. The number of carbonyl (C=O) groups excluding carboxylic acids is 1. The van der Waals surface area contributed by atoms with Crippen molar-refractivity contribution in [3.63, 3.8) is 0 Å². The third-order valence-electron chi connectivity index (χ3n) is 3.12. The molecule has 2 saturated heterocycles. The van der Waals surface area contributed by atoms with Crippen LogP contribution in [0.5, 0.6) is 0 Å². The van der Waals surface area contributed by atoms with Gasteiger partial charge in [0, 0.05) is 26.3 Å². The number of nitrogens with zero attached hydrogens (tertiary/aromatic N) is 1. The molecule has 0 bridgehead atoms. The summed E-state index contributed by atoms with van der Waals surface area (Å²) in [5, 5.41) is 8.85. The topological polar surface area (TPSA) is 59.0 Å². The predicted molar refractivity (Wildman–Crippen MR) is 57.0 cm³/mol. The van der Waals surface area contributed by atoms with Crippen molar-refractivity contribution in [2.24, 2.45) is 0 Å². The van der Waals surface area contributed by atoms with Gasteiger partial charge in [0.1, 0.15) is 6.61 Å². The molecule has 0 aromatic heterocycles. The number of hydrogen-bond donors (Lipinski definition) is 1. The zero-order valence-corrected chi connectivity index (χ0v) is 9.43. The van der Waals surface area contributed by atoms with Crippen LogP contribution < -0.4 is 0 Å². The Morgan fingerprint density at radius 2 is 2.25 bits per heavy atom. The predicted octanol–water partition coefficient (Wildman–Crippen LogP) is -0.225. The maximum absolute atomic E-state index is 11.6. The molecule has 0 aliphatic carbocycles. The number of ether oxygens (including phenoxy) is 2. The van der Waals surface area contributed by atoms with Crippen molar-refractivity contribution in [3.05, 3.63) is 0 Å². The zero-order valence-electron chi connectivity index (χ0n) is 9.43. The highest BCUT2D eigenvalue weighted by Crippen LogP contribution is 2.16. The first-order valence-corrected chi connectivity index (χ1v) is 5.91. The van der Waals surface area contributed by atoms with E-state index in [0.29, 0.717) is 19.5 Å². The smallest absolute Gasteiger partial charge is 0.248 e. The third kappa shape index (κ3) is 2.93. The Morgan fingerprint density at radius 3 is 2.94 bits per heavy atom. The first-order valence-electron chi connectivity index (χ1n) is 5.91. The molecule has 2 aliphatic rings. The van der Waals surface area contributed by atoms with Crippen molar-refractivity contribution in [1.29, 1.82) is 0 Å². The highest BCUT2D eigenvalue weighted by Gasteiger charge is 2.29. The van der Waals surface area contributed by atoms with Gasteiger partial charge in [0.2, 0.25) is 5.91 Å². The average Bonchev–Trinajstić information content (AvgIpc) is 2.76. The monoisotopic (exact) mass is 229 g/mol. The molecule has 0 saturated carbocycles. The summed E-state index contributed by atoms with van der Waals surface area (Å²) in [6.45, 7) is 2.30. The molecule has 0 aromatic carbocycles. The third-order valence-corrected chi connectivity index (χ3v) is 3.12. The summed E-state index contributed by atoms with van der Waals surface area (Å²) in [6.07, 6.45) is 2.88. The van der Waals surface area contributed by atoms with E-state index in [-0.39, 0.29) is 31.3 Å². The van der Waals surface area contributed by atoms with Gasteiger partial charge in [0.25, 0.3) is 0 Å². The molecule has 1 N–H and O–H groups in total. The second-order valence-electron chi connectivity index (χ2n) is 4.38. The number of aliphatic hydroxyl groups is 1. The standard InChI is InChI=1S/C11H19NO4/c13-4-3-10-7-12(11(14)8-16-10)6-9-2-1-5-15-9/h9-10,13H,1-8H2. The molecule has 0 aromatic rings. The maximum atomic E-state index is 11.6. The number of rotatable bonds is 4. The van der Waals surface area contributed by atoms with Gasteiger partial charge in [-0.3, -0.25) is 4.79 Å². The van der Waals surface area contributed by atoms with Gasteiger partial charge in [0.05, 0.1) is 12.2 Å². The second kappa shape index (κ2) is 5.61. The van der Waals surface area contributed by atoms with E-state index in [4.69, 9.17) is 14.6 Å². The van der Waals surface area contributed by atoms with E-state index in [1.54, 1.807) is 4.90 Å². The minimum absolute atomic E-state index is 0.0240. The van der Waals surface area contributed by atoms with Gasteiger partial charge in [-0.1, -0.05) is 0 Å². The van der Waals surface area contributed by atoms with E-state index in [2.05, 4.69) is 0 Å². The van der Waals surface area contributed by atoms with E-state index < -0.39 is 0 Å². The lowest BCUT2D eigenvalue weighted by molar-refractivity contribution is -0.151. The fourth-order valence-corrected chi connectivity index (χ4v) is 2.21. The molecule has 2 aliphatic heterocycles. The average molecular weight is 229 g/mol. The Balaban J connectivity index is 1.82. The fraction of sp³-hybridized carbons (Fsp3) is 0.909. The van der Waals surface area contributed by atoms with Crippen molar-refractivity contribution in [3.8, 4) is 0 Å². The summed E-state index contributed by atoms with van der Waals surface area (Å²) in [5.41, 5.74) is 0.